The van der Waals surface area contributed by atoms with Gasteiger partial charge in [0.25, 0.3) is 0 Å². The fraction of sp³-hybridized carbons (Fsp3) is 0.929. The molecule has 1 saturated carbocycles. The molecule has 2 aliphatic rings. The lowest BCUT2D eigenvalue weighted by Gasteiger charge is -2.41. The maximum Gasteiger partial charge on any atom is 0.323 e. The predicted octanol–water partition coefficient (Wildman–Crippen LogP) is 1.83. The number of nitrogens with two attached hydrogens (primary N) is 1. The first-order chi connectivity index (χ1) is 8.38. The van der Waals surface area contributed by atoms with Crippen LogP contribution in [0.5, 0.6) is 0 Å². The summed E-state index contributed by atoms with van der Waals surface area (Å²) in [5.41, 5.74) is 5.46. The molecule has 2 unspecified atom stereocenters. The number of nitrogens with zero attached hydrogens (tertiary/aromatic N) is 1. The molecule has 0 aromatic rings. The molecule has 0 amide bonds. The zero-order chi connectivity index (χ0) is 13.4. The van der Waals surface area contributed by atoms with Crippen molar-refractivity contribution in [1.82, 2.24) is 4.90 Å². The van der Waals surface area contributed by atoms with Crippen LogP contribution in [0, 0.1) is 5.41 Å². The van der Waals surface area contributed by atoms with Crippen LogP contribution in [0.3, 0.4) is 0 Å². The van der Waals surface area contributed by atoms with Crippen LogP contribution in [0.4, 0.5) is 0 Å². The van der Waals surface area contributed by atoms with Gasteiger partial charge in [-0.15, -0.1) is 0 Å². The van der Waals surface area contributed by atoms with E-state index in [9.17, 15) is 4.79 Å². The molecule has 0 spiro atoms. The smallest absolute Gasteiger partial charge is 0.323 e. The summed E-state index contributed by atoms with van der Waals surface area (Å²) in [6, 6.07) is 0.382. The van der Waals surface area contributed by atoms with Gasteiger partial charge in [0.2, 0.25) is 0 Å². The number of carboxylic acid groups (broad SMARTS) is 1. The first-order valence-corrected chi connectivity index (χ1v) is 7.15. The minimum absolute atomic E-state index is 0.382. The molecule has 4 nitrogen and oxygen atoms in total. The standard InChI is InChI=1S/C14H26N2O2/c1-3-13(2)6-8-16(9-7-13)11-4-5-14(15,10-11)12(17)18/h11H,3-10,15H2,1-2H3,(H,17,18). The van der Waals surface area contributed by atoms with E-state index < -0.39 is 11.5 Å². The Morgan fingerprint density at radius 2 is 2.00 bits per heavy atom. The second kappa shape index (κ2) is 4.82. The van der Waals surface area contributed by atoms with Crippen molar-refractivity contribution >= 4 is 5.97 Å². The van der Waals surface area contributed by atoms with Crippen molar-refractivity contribution in [3.05, 3.63) is 0 Å². The average molecular weight is 254 g/mol. The number of aliphatic carboxylic acids is 1. The summed E-state index contributed by atoms with van der Waals surface area (Å²) < 4.78 is 0. The number of carbonyl (C=O) groups is 1. The first kappa shape index (κ1) is 13.8. The van der Waals surface area contributed by atoms with Gasteiger partial charge in [0.1, 0.15) is 5.54 Å². The summed E-state index contributed by atoms with van der Waals surface area (Å²) >= 11 is 0. The molecule has 1 saturated heterocycles. The van der Waals surface area contributed by atoms with E-state index in [1.165, 1.54) is 19.3 Å². The highest BCUT2D eigenvalue weighted by Gasteiger charge is 2.44. The predicted molar refractivity (Wildman–Crippen MR) is 71.4 cm³/mol. The average Bonchev–Trinajstić information content (AvgIpc) is 2.74. The SMILES string of the molecule is CCC1(C)CCN(C2CCC(N)(C(=O)O)C2)CC1. The van der Waals surface area contributed by atoms with Gasteiger partial charge < -0.3 is 15.7 Å². The fourth-order valence-electron chi connectivity index (χ4n) is 3.34. The Kier molecular flexibility index (Phi) is 3.70. The van der Waals surface area contributed by atoms with Crippen molar-refractivity contribution in [2.75, 3.05) is 13.1 Å². The molecule has 18 heavy (non-hydrogen) atoms. The molecule has 0 aromatic carbocycles. The Morgan fingerprint density at radius 3 is 2.44 bits per heavy atom. The van der Waals surface area contributed by atoms with Gasteiger partial charge in [-0.1, -0.05) is 20.3 Å². The maximum absolute atomic E-state index is 11.2. The molecule has 4 heteroatoms. The molecule has 2 atom stereocenters. The summed E-state index contributed by atoms with van der Waals surface area (Å²) in [4.78, 5) is 13.6. The molecule has 2 fully saturated rings. The van der Waals surface area contributed by atoms with Crippen LogP contribution in [0.1, 0.15) is 52.4 Å². The quantitative estimate of drug-likeness (QED) is 0.806. The Hall–Kier alpha value is -0.610. The van der Waals surface area contributed by atoms with E-state index in [-0.39, 0.29) is 0 Å². The molecule has 1 aliphatic carbocycles. The minimum atomic E-state index is -0.976. The topological polar surface area (TPSA) is 66.6 Å². The number of carboxylic acids is 1. The summed E-state index contributed by atoms with van der Waals surface area (Å²) in [5, 5.41) is 9.17. The van der Waals surface area contributed by atoms with E-state index in [2.05, 4.69) is 18.7 Å². The van der Waals surface area contributed by atoms with Gasteiger partial charge >= 0.3 is 5.97 Å². The Labute approximate surface area is 110 Å². The normalized spacial score (nSPS) is 36.7. The van der Waals surface area contributed by atoms with Crippen LogP contribution in [0.2, 0.25) is 0 Å². The zero-order valence-electron chi connectivity index (χ0n) is 11.6. The van der Waals surface area contributed by atoms with Crippen LogP contribution in [0.25, 0.3) is 0 Å². The summed E-state index contributed by atoms with van der Waals surface area (Å²) in [7, 11) is 0. The van der Waals surface area contributed by atoms with Gasteiger partial charge in [0.05, 0.1) is 0 Å². The third-order valence-corrected chi connectivity index (χ3v) is 5.32. The number of hydrogen-bond acceptors (Lipinski definition) is 3. The molecule has 0 aromatic heterocycles. The monoisotopic (exact) mass is 254 g/mol. The largest absolute Gasteiger partial charge is 0.480 e. The van der Waals surface area contributed by atoms with E-state index in [1.807, 2.05) is 0 Å². The first-order valence-electron chi connectivity index (χ1n) is 7.15. The second-order valence-electron chi connectivity index (χ2n) is 6.56. The lowest BCUT2D eigenvalue weighted by molar-refractivity contribution is -0.143. The van der Waals surface area contributed by atoms with E-state index >= 15 is 0 Å². The molecule has 1 aliphatic heterocycles. The third-order valence-electron chi connectivity index (χ3n) is 5.32. The van der Waals surface area contributed by atoms with Crippen molar-refractivity contribution in [3.63, 3.8) is 0 Å². The molecular formula is C14H26N2O2. The van der Waals surface area contributed by atoms with Crippen molar-refractivity contribution in [1.29, 1.82) is 0 Å². The molecule has 1 heterocycles. The van der Waals surface area contributed by atoms with Crippen molar-refractivity contribution in [2.45, 2.75) is 64.0 Å². The zero-order valence-corrected chi connectivity index (χ0v) is 11.6. The summed E-state index contributed by atoms with van der Waals surface area (Å²) in [5.74, 6) is -0.833. The van der Waals surface area contributed by atoms with Crippen LogP contribution >= 0.6 is 0 Å². The summed E-state index contributed by atoms with van der Waals surface area (Å²) in [6.07, 6.45) is 5.86. The Balaban J connectivity index is 1.91. The van der Waals surface area contributed by atoms with Crippen LogP contribution in [0.15, 0.2) is 0 Å². The Bertz CT molecular complexity index is 324. The van der Waals surface area contributed by atoms with Crippen molar-refractivity contribution in [2.24, 2.45) is 11.1 Å². The van der Waals surface area contributed by atoms with E-state index in [1.54, 1.807) is 0 Å². The number of likely N-dealkylation sites (tertiary alicyclic amines) is 1. The molecule has 0 radical (unpaired) electrons. The van der Waals surface area contributed by atoms with E-state index in [4.69, 9.17) is 10.8 Å². The molecule has 104 valence electrons. The van der Waals surface area contributed by atoms with Gasteiger partial charge in [-0.2, -0.15) is 0 Å². The highest BCUT2D eigenvalue weighted by molar-refractivity contribution is 5.79. The van der Waals surface area contributed by atoms with Crippen LogP contribution < -0.4 is 5.73 Å². The number of piperidine rings is 1. The van der Waals surface area contributed by atoms with Crippen molar-refractivity contribution < 1.29 is 9.90 Å². The van der Waals surface area contributed by atoms with E-state index in [0.29, 0.717) is 24.3 Å². The van der Waals surface area contributed by atoms with Crippen LogP contribution in [-0.4, -0.2) is 40.6 Å². The molecule has 0 bridgehead atoms. The number of hydrogen-bond donors (Lipinski definition) is 2. The molecule has 3 N–H and O–H groups in total. The van der Waals surface area contributed by atoms with Gasteiger partial charge in [0, 0.05) is 6.04 Å². The van der Waals surface area contributed by atoms with Crippen LogP contribution in [-0.2, 0) is 4.79 Å². The summed E-state index contributed by atoms with van der Waals surface area (Å²) in [6.45, 7) is 6.83. The lowest BCUT2D eigenvalue weighted by atomic mass is 9.78. The van der Waals surface area contributed by atoms with Gasteiger partial charge in [-0.25, -0.2) is 0 Å². The third kappa shape index (κ3) is 2.54. The highest BCUT2D eigenvalue weighted by atomic mass is 16.4. The fourth-order valence-corrected chi connectivity index (χ4v) is 3.34. The Morgan fingerprint density at radius 1 is 1.39 bits per heavy atom. The van der Waals surface area contributed by atoms with E-state index in [0.717, 1.165) is 19.5 Å². The van der Waals surface area contributed by atoms with Gasteiger partial charge in [-0.05, 0) is 50.6 Å². The lowest BCUT2D eigenvalue weighted by Crippen LogP contribution is -2.49. The molecule has 2 rings (SSSR count). The van der Waals surface area contributed by atoms with Gasteiger partial charge in [0.15, 0.2) is 0 Å². The minimum Gasteiger partial charge on any atom is -0.480 e. The number of rotatable bonds is 3. The van der Waals surface area contributed by atoms with Crippen molar-refractivity contribution in [3.8, 4) is 0 Å². The van der Waals surface area contributed by atoms with Gasteiger partial charge in [-0.3, -0.25) is 4.79 Å². The second-order valence-corrected chi connectivity index (χ2v) is 6.56. The molecular weight excluding hydrogens is 228 g/mol. The highest BCUT2D eigenvalue weighted by Crippen LogP contribution is 2.38. The maximum atomic E-state index is 11.2.